The van der Waals surface area contributed by atoms with Crippen LogP contribution in [0.15, 0.2) is 18.3 Å². The smallest absolute Gasteiger partial charge is 0.0399 e. The van der Waals surface area contributed by atoms with Crippen LogP contribution in [0.2, 0.25) is 0 Å². The summed E-state index contributed by atoms with van der Waals surface area (Å²) in [6.45, 7) is 6.20. The monoisotopic (exact) mass is 212 g/mol. The van der Waals surface area contributed by atoms with Crippen molar-refractivity contribution in [1.82, 2.24) is 4.98 Å². The van der Waals surface area contributed by atoms with Crippen LogP contribution in [0.5, 0.6) is 0 Å². The van der Waals surface area contributed by atoms with Crippen LogP contribution in [0.3, 0.4) is 0 Å². The molecule has 0 unspecified atom stereocenters. The number of hydrogen-bond donors (Lipinski definition) is 0. The quantitative estimate of drug-likeness (QED) is 0.698. The SMILES string of the molecule is CCN(CCCCl)c1ccnc(C)c1. The molecule has 0 aromatic carbocycles. The summed E-state index contributed by atoms with van der Waals surface area (Å²) in [4.78, 5) is 6.50. The zero-order valence-electron chi connectivity index (χ0n) is 8.83. The van der Waals surface area contributed by atoms with Gasteiger partial charge in [0.25, 0.3) is 0 Å². The van der Waals surface area contributed by atoms with Gasteiger partial charge in [-0.05, 0) is 32.4 Å². The van der Waals surface area contributed by atoms with Crippen molar-refractivity contribution in [3.8, 4) is 0 Å². The maximum Gasteiger partial charge on any atom is 0.0399 e. The first-order chi connectivity index (χ1) is 6.77. The average molecular weight is 213 g/mol. The van der Waals surface area contributed by atoms with Crippen LogP contribution >= 0.6 is 11.6 Å². The minimum Gasteiger partial charge on any atom is -0.372 e. The molecular weight excluding hydrogens is 196 g/mol. The van der Waals surface area contributed by atoms with E-state index in [2.05, 4.69) is 22.9 Å². The number of aryl methyl sites for hydroxylation is 1. The minimum atomic E-state index is 0.723. The predicted molar refractivity (Wildman–Crippen MR) is 62.2 cm³/mol. The third kappa shape index (κ3) is 3.18. The molecular formula is C11H17ClN2. The zero-order chi connectivity index (χ0) is 10.4. The molecule has 78 valence electrons. The maximum atomic E-state index is 5.68. The second kappa shape index (κ2) is 5.86. The van der Waals surface area contributed by atoms with E-state index in [0.717, 1.165) is 31.1 Å². The van der Waals surface area contributed by atoms with Crippen molar-refractivity contribution < 1.29 is 0 Å². The summed E-state index contributed by atoms with van der Waals surface area (Å²) in [5.41, 5.74) is 2.30. The summed E-state index contributed by atoms with van der Waals surface area (Å²) in [5, 5.41) is 0. The van der Waals surface area contributed by atoms with Crippen molar-refractivity contribution >= 4 is 17.3 Å². The molecule has 0 N–H and O–H groups in total. The fourth-order valence-corrected chi connectivity index (χ4v) is 1.57. The molecule has 0 aliphatic heterocycles. The Kier molecular flexibility index (Phi) is 4.74. The Bertz CT molecular complexity index is 276. The predicted octanol–water partition coefficient (Wildman–Crippen LogP) is 2.85. The summed E-state index contributed by atoms with van der Waals surface area (Å²) >= 11 is 5.68. The molecule has 0 radical (unpaired) electrons. The molecule has 0 atom stereocenters. The summed E-state index contributed by atoms with van der Waals surface area (Å²) < 4.78 is 0. The number of anilines is 1. The van der Waals surface area contributed by atoms with Gasteiger partial charge < -0.3 is 4.90 Å². The van der Waals surface area contributed by atoms with Crippen molar-refractivity contribution in [2.75, 3.05) is 23.9 Å². The van der Waals surface area contributed by atoms with Gasteiger partial charge in [0, 0.05) is 36.5 Å². The summed E-state index contributed by atoms with van der Waals surface area (Å²) in [5.74, 6) is 0.723. The largest absolute Gasteiger partial charge is 0.372 e. The number of alkyl halides is 1. The van der Waals surface area contributed by atoms with Gasteiger partial charge in [-0.25, -0.2) is 0 Å². The molecule has 2 nitrogen and oxygen atoms in total. The Morgan fingerprint density at radius 2 is 2.29 bits per heavy atom. The van der Waals surface area contributed by atoms with Crippen LogP contribution in [0, 0.1) is 6.92 Å². The highest BCUT2D eigenvalue weighted by molar-refractivity contribution is 6.17. The van der Waals surface area contributed by atoms with Crippen LogP contribution in [-0.4, -0.2) is 24.0 Å². The normalized spacial score (nSPS) is 10.2. The third-order valence-corrected chi connectivity index (χ3v) is 2.46. The molecule has 0 aliphatic rings. The molecule has 0 aliphatic carbocycles. The van der Waals surface area contributed by atoms with Crippen molar-refractivity contribution in [2.24, 2.45) is 0 Å². The lowest BCUT2D eigenvalue weighted by atomic mass is 10.3. The molecule has 1 aromatic rings. The van der Waals surface area contributed by atoms with Crippen LogP contribution in [0.4, 0.5) is 5.69 Å². The van der Waals surface area contributed by atoms with Gasteiger partial charge in [0.2, 0.25) is 0 Å². The molecule has 1 rings (SSSR count). The number of rotatable bonds is 5. The van der Waals surface area contributed by atoms with E-state index >= 15 is 0 Å². The molecule has 0 amide bonds. The Morgan fingerprint density at radius 1 is 1.50 bits per heavy atom. The van der Waals surface area contributed by atoms with E-state index in [1.807, 2.05) is 19.2 Å². The number of aromatic nitrogens is 1. The summed E-state index contributed by atoms with van der Waals surface area (Å²) in [7, 11) is 0. The fraction of sp³-hybridized carbons (Fsp3) is 0.545. The lowest BCUT2D eigenvalue weighted by molar-refractivity contribution is 0.793. The van der Waals surface area contributed by atoms with Gasteiger partial charge >= 0.3 is 0 Å². The summed E-state index contributed by atoms with van der Waals surface area (Å²) in [6.07, 6.45) is 2.88. The van der Waals surface area contributed by atoms with E-state index in [-0.39, 0.29) is 0 Å². The van der Waals surface area contributed by atoms with Crippen molar-refractivity contribution in [3.63, 3.8) is 0 Å². The number of nitrogens with zero attached hydrogens (tertiary/aromatic N) is 2. The van der Waals surface area contributed by atoms with Crippen molar-refractivity contribution in [3.05, 3.63) is 24.0 Å². The fourth-order valence-electron chi connectivity index (χ4n) is 1.45. The van der Waals surface area contributed by atoms with Crippen LogP contribution in [-0.2, 0) is 0 Å². The minimum absolute atomic E-state index is 0.723. The molecule has 1 heterocycles. The molecule has 1 aromatic heterocycles. The van der Waals surface area contributed by atoms with E-state index in [4.69, 9.17) is 11.6 Å². The second-order valence-corrected chi connectivity index (χ2v) is 3.66. The highest BCUT2D eigenvalue weighted by atomic mass is 35.5. The Balaban J connectivity index is 2.68. The van der Waals surface area contributed by atoms with E-state index in [9.17, 15) is 0 Å². The van der Waals surface area contributed by atoms with Crippen molar-refractivity contribution in [2.45, 2.75) is 20.3 Å². The van der Waals surface area contributed by atoms with Gasteiger partial charge in [-0.1, -0.05) is 0 Å². The number of hydrogen-bond acceptors (Lipinski definition) is 2. The molecule has 0 spiro atoms. The van der Waals surface area contributed by atoms with Gasteiger partial charge in [0.05, 0.1) is 0 Å². The maximum absolute atomic E-state index is 5.68. The molecule has 3 heteroatoms. The van der Waals surface area contributed by atoms with Gasteiger partial charge in [-0.15, -0.1) is 11.6 Å². The van der Waals surface area contributed by atoms with Gasteiger partial charge in [-0.2, -0.15) is 0 Å². The number of pyridine rings is 1. The Labute approximate surface area is 90.9 Å². The molecule has 0 saturated heterocycles. The topological polar surface area (TPSA) is 16.1 Å². The van der Waals surface area contributed by atoms with E-state index in [0.29, 0.717) is 0 Å². The molecule has 0 saturated carbocycles. The highest BCUT2D eigenvalue weighted by Crippen LogP contribution is 2.14. The van der Waals surface area contributed by atoms with Crippen molar-refractivity contribution in [1.29, 1.82) is 0 Å². The standard InChI is InChI=1S/C11H17ClN2/c1-3-14(8-4-6-12)11-5-7-13-10(2)9-11/h5,7,9H,3-4,6,8H2,1-2H3. The molecule has 0 fully saturated rings. The van der Waals surface area contributed by atoms with Crippen LogP contribution in [0.1, 0.15) is 19.0 Å². The summed E-state index contributed by atoms with van der Waals surface area (Å²) in [6, 6.07) is 4.16. The second-order valence-electron chi connectivity index (χ2n) is 3.28. The Hall–Kier alpha value is -0.760. The first-order valence-corrected chi connectivity index (χ1v) is 5.55. The van der Waals surface area contributed by atoms with Gasteiger partial charge in [-0.3, -0.25) is 4.98 Å². The van der Waals surface area contributed by atoms with Crippen LogP contribution in [0.25, 0.3) is 0 Å². The van der Waals surface area contributed by atoms with E-state index < -0.39 is 0 Å². The lowest BCUT2D eigenvalue weighted by Gasteiger charge is -2.22. The first kappa shape index (κ1) is 11.3. The van der Waals surface area contributed by atoms with E-state index in [1.54, 1.807) is 0 Å². The van der Waals surface area contributed by atoms with Crippen LogP contribution < -0.4 is 4.90 Å². The average Bonchev–Trinajstić information content (AvgIpc) is 2.19. The highest BCUT2D eigenvalue weighted by Gasteiger charge is 2.03. The zero-order valence-corrected chi connectivity index (χ0v) is 9.59. The lowest BCUT2D eigenvalue weighted by Crippen LogP contribution is -2.24. The molecule has 0 bridgehead atoms. The van der Waals surface area contributed by atoms with E-state index in [1.165, 1.54) is 5.69 Å². The third-order valence-electron chi connectivity index (χ3n) is 2.19. The van der Waals surface area contributed by atoms with Gasteiger partial charge in [0.15, 0.2) is 0 Å². The Morgan fingerprint density at radius 3 is 2.86 bits per heavy atom. The molecule has 14 heavy (non-hydrogen) atoms. The van der Waals surface area contributed by atoms with Gasteiger partial charge in [0.1, 0.15) is 0 Å². The number of halogens is 1. The first-order valence-electron chi connectivity index (χ1n) is 5.01.